The molecule has 0 radical (unpaired) electrons. The van der Waals surface area contributed by atoms with Crippen LogP contribution in [0.15, 0.2) is 30.3 Å². The molecule has 6 heteroatoms. The van der Waals surface area contributed by atoms with Crippen molar-refractivity contribution < 1.29 is 23.4 Å². The Hall–Kier alpha value is -2.50. The molecule has 98 valence electrons. The molecule has 2 rings (SSSR count). The van der Waals surface area contributed by atoms with Gasteiger partial charge in [-0.25, -0.2) is 18.6 Å². The monoisotopic (exact) mass is 265 g/mol. The topological polar surface area (TPSA) is 59.4 Å². The first-order chi connectivity index (χ1) is 9.04. The Kier molecular flexibility index (Phi) is 3.41. The molecule has 0 saturated carbocycles. The molecular formula is C13H9F2NO3. The van der Waals surface area contributed by atoms with Gasteiger partial charge >= 0.3 is 5.97 Å². The second-order valence-corrected chi connectivity index (χ2v) is 3.66. The van der Waals surface area contributed by atoms with Gasteiger partial charge in [-0.3, -0.25) is 0 Å². The Morgan fingerprint density at radius 3 is 2.58 bits per heavy atom. The van der Waals surface area contributed by atoms with Crippen LogP contribution in [0.1, 0.15) is 10.5 Å². The molecule has 1 aromatic carbocycles. The fraction of sp³-hybridized carbons (Fsp3) is 0.0769. The van der Waals surface area contributed by atoms with Crippen LogP contribution < -0.4 is 4.74 Å². The first-order valence-corrected chi connectivity index (χ1v) is 5.27. The van der Waals surface area contributed by atoms with E-state index in [9.17, 15) is 13.6 Å². The Morgan fingerprint density at radius 1 is 1.21 bits per heavy atom. The third-order valence-electron chi connectivity index (χ3n) is 2.51. The van der Waals surface area contributed by atoms with Gasteiger partial charge in [0, 0.05) is 11.1 Å². The SMILES string of the molecule is COc1nc(C(=O)O)ccc1-c1cccc(F)c1F. The van der Waals surface area contributed by atoms with Gasteiger partial charge in [-0.15, -0.1) is 0 Å². The van der Waals surface area contributed by atoms with Gasteiger partial charge in [-0.2, -0.15) is 0 Å². The van der Waals surface area contributed by atoms with Crippen molar-refractivity contribution in [1.82, 2.24) is 4.98 Å². The number of aromatic nitrogens is 1. The first kappa shape index (κ1) is 12.9. The van der Waals surface area contributed by atoms with Crippen LogP contribution >= 0.6 is 0 Å². The second kappa shape index (κ2) is 5.01. The van der Waals surface area contributed by atoms with Crippen molar-refractivity contribution in [3.63, 3.8) is 0 Å². The Labute approximate surface area is 107 Å². The van der Waals surface area contributed by atoms with E-state index in [1.54, 1.807) is 0 Å². The van der Waals surface area contributed by atoms with Crippen molar-refractivity contribution in [2.24, 2.45) is 0 Å². The number of methoxy groups -OCH3 is 1. The zero-order valence-electron chi connectivity index (χ0n) is 9.85. The summed E-state index contributed by atoms with van der Waals surface area (Å²) < 4.78 is 31.8. The minimum atomic E-state index is -1.23. The lowest BCUT2D eigenvalue weighted by molar-refractivity contribution is 0.0689. The van der Waals surface area contributed by atoms with Crippen LogP contribution in [0.2, 0.25) is 0 Å². The summed E-state index contributed by atoms with van der Waals surface area (Å²) in [5, 5.41) is 8.81. The van der Waals surface area contributed by atoms with Crippen molar-refractivity contribution in [3.05, 3.63) is 47.7 Å². The van der Waals surface area contributed by atoms with Gasteiger partial charge in [0.2, 0.25) is 5.88 Å². The Balaban J connectivity index is 2.62. The van der Waals surface area contributed by atoms with Crippen LogP contribution in [0, 0.1) is 11.6 Å². The third kappa shape index (κ3) is 2.37. The number of hydrogen-bond acceptors (Lipinski definition) is 3. The maximum atomic E-state index is 13.7. The number of carboxylic acids is 1. The van der Waals surface area contributed by atoms with E-state index in [4.69, 9.17) is 9.84 Å². The van der Waals surface area contributed by atoms with E-state index in [-0.39, 0.29) is 22.7 Å². The molecule has 0 atom stereocenters. The van der Waals surface area contributed by atoms with Gasteiger partial charge in [0.15, 0.2) is 17.3 Å². The van der Waals surface area contributed by atoms with Crippen LogP contribution in [0.25, 0.3) is 11.1 Å². The van der Waals surface area contributed by atoms with Gasteiger partial charge in [0.1, 0.15) is 0 Å². The molecule has 0 bridgehead atoms. The average Bonchev–Trinajstić information content (AvgIpc) is 2.41. The maximum absolute atomic E-state index is 13.7. The van der Waals surface area contributed by atoms with E-state index in [2.05, 4.69) is 4.98 Å². The zero-order chi connectivity index (χ0) is 14.0. The number of carbonyl (C=O) groups is 1. The van der Waals surface area contributed by atoms with Crippen LogP contribution in [-0.2, 0) is 0 Å². The molecule has 19 heavy (non-hydrogen) atoms. The zero-order valence-corrected chi connectivity index (χ0v) is 9.85. The van der Waals surface area contributed by atoms with E-state index in [1.165, 1.54) is 31.4 Å². The standard InChI is InChI=1S/C13H9F2NO3/c1-19-12-8(5-6-10(16-12)13(17)18)7-3-2-4-9(14)11(7)15/h2-6H,1H3,(H,17,18). The molecule has 0 spiro atoms. The predicted octanol–water partition coefficient (Wildman–Crippen LogP) is 2.73. The highest BCUT2D eigenvalue weighted by molar-refractivity contribution is 5.86. The first-order valence-electron chi connectivity index (χ1n) is 5.27. The van der Waals surface area contributed by atoms with Gasteiger partial charge in [-0.1, -0.05) is 12.1 Å². The van der Waals surface area contributed by atoms with E-state index in [1.807, 2.05) is 0 Å². The van der Waals surface area contributed by atoms with Gasteiger partial charge in [0.05, 0.1) is 7.11 Å². The summed E-state index contributed by atoms with van der Waals surface area (Å²) in [6, 6.07) is 6.22. The number of benzene rings is 1. The molecule has 0 saturated heterocycles. The number of pyridine rings is 1. The number of ether oxygens (including phenoxy) is 1. The smallest absolute Gasteiger partial charge is 0.354 e. The van der Waals surface area contributed by atoms with Crippen molar-refractivity contribution in [3.8, 4) is 17.0 Å². The molecule has 0 aliphatic heterocycles. The molecule has 0 fully saturated rings. The van der Waals surface area contributed by atoms with E-state index < -0.39 is 17.6 Å². The van der Waals surface area contributed by atoms with E-state index in [0.29, 0.717) is 0 Å². The number of hydrogen-bond donors (Lipinski definition) is 1. The molecule has 1 N–H and O–H groups in total. The largest absolute Gasteiger partial charge is 0.481 e. The summed E-state index contributed by atoms with van der Waals surface area (Å²) in [5.41, 5.74) is -0.0943. The summed E-state index contributed by atoms with van der Waals surface area (Å²) >= 11 is 0. The fourth-order valence-electron chi connectivity index (χ4n) is 1.63. The van der Waals surface area contributed by atoms with E-state index >= 15 is 0 Å². The second-order valence-electron chi connectivity index (χ2n) is 3.66. The summed E-state index contributed by atoms with van der Waals surface area (Å²) in [6.07, 6.45) is 0. The molecule has 1 aromatic heterocycles. The van der Waals surface area contributed by atoms with E-state index in [0.717, 1.165) is 6.07 Å². The summed E-state index contributed by atoms with van der Waals surface area (Å²) in [6.45, 7) is 0. The minimum absolute atomic E-state index is 0.0405. The molecule has 4 nitrogen and oxygen atoms in total. The molecule has 1 heterocycles. The molecular weight excluding hydrogens is 256 g/mol. The molecule has 0 amide bonds. The lowest BCUT2D eigenvalue weighted by atomic mass is 10.1. The van der Waals surface area contributed by atoms with Gasteiger partial charge in [0.25, 0.3) is 0 Å². The molecule has 0 aliphatic rings. The van der Waals surface area contributed by atoms with Crippen LogP contribution in [0.3, 0.4) is 0 Å². The summed E-state index contributed by atoms with van der Waals surface area (Å²) in [5.74, 6) is -3.35. The highest BCUT2D eigenvalue weighted by Crippen LogP contribution is 2.31. The molecule has 2 aromatic rings. The number of carboxylic acid groups (broad SMARTS) is 1. The van der Waals surface area contributed by atoms with Gasteiger partial charge in [-0.05, 0) is 18.2 Å². The lowest BCUT2D eigenvalue weighted by Gasteiger charge is -2.09. The summed E-state index contributed by atoms with van der Waals surface area (Å²) in [7, 11) is 1.27. The van der Waals surface area contributed by atoms with Crippen LogP contribution in [0.4, 0.5) is 8.78 Å². The fourth-order valence-corrected chi connectivity index (χ4v) is 1.63. The van der Waals surface area contributed by atoms with Crippen LogP contribution in [0.5, 0.6) is 5.88 Å². The van der Waals surface area contributed by atoms with Crippen molar-refractivity contribution in [2.45, 2.75) is 0 Å². The summed E-state index contributed by atoms with van der Waals surface area (Å²) in [4.78, 5) is 14.5. The molecule has 0 unspecified atom stereocenters. The highest BCUT2D eigenvalue weighted by atomic mass is 19.2. The lowest BCUT2D eigenvalue weighted by Crippen LogP contribution is -2.03. The number of nitrogens with zero attached hydrogens (tertiary/aromatic N) is 1. The number of halogens is 2. The van der Waals surface area contributed by atoms with Crippen molar-refractivity contribution >= 4 is 5.97 Å². The quantitative estimate of drug-likeness (QED) is 0.927. The Morgan fingerprint density at radius 2 is 1.95 bits per heavy atom. The average molecular weight is 265 g/mol. The number of rotatable bonds is 3. The van der Waals surface area contributed by atoms with Gasteiger partial charge < -0.3 is 9.84 Å². The maximum Gasteiger partial charge on any atom is 0.354 e. The Bertz CT molecular complexity index is 644. The molecule has 0 aliphatic carbocycles. The normalized spacial score (nSPS) is 10.3. The third-order valence-corrected chi connectivity index (χ3v) is 2.51. The van der Waals surface area contributed by atoms with Crippen LogP contribution in [-0.4, -0.2) is 23.2 Å². The van der Waals surface area contributed by atoms with Crippen molar-refractivity contribution in [2.75, 3.05) is 7.11 Å². The predicted molar refractivity (Wildman–Crippen MR) is 63.1 cm³/mol. The highest BCUT2D eigenvalue weighted by Gasteiger charge is 2.16. The minimum Gasteiger partial charge on any atom is -0.481 e. The van der Waals surface area contributed by atoms with Crippen molar-refractivity contribution in [1.29, 1.82) is 0 Å². The number of aromatic carboxylic acids is 1.